The van der Waals surface area contributed by atoms with Crippen molar-refractivity contribution in [3.05, 3.63) is 60.2 Å². The van der Waals surface area contributed by atoms with Crippen LogP contribution in [0.15, 0.2) is 54.6 Å². The van der Waals surface area contributed by atoms with Gasteiger partial charge in [0.25, 0.3) is 5.91 Å². The number of amides is 1. The zero-order chi connectivity index (χ0) is 16.4. The highest BCUT2D eigenvalue weighted by atomic mass is 16.3. The van der Waals surface area contributed by atoms with E-state index >= 15 is 0 Å². The highest BCUT2D eigenvalue weighted by Crippen LogP contribution is 2.20. The summed E-state index contributed by atoms with van der Waals surface area (Å²) in [4.78, 5) is 14.0. The Morgan fingerprint density at radius 2 is 1.65 bits per heavy atom. The lowest BCUT2D eigenvalue weighted by molar-refractivity contribution is 0.00734. The largest absolute Gasteiger partial charge is 0.389 e. The van der Waals surface area contributed by atoms with Crippen molar-refractivity contribution in [2.24, 2.45) is 0 Å². The van der Waals surface area contributed by atoms with Gasteiger partial charge in [-0.05, 0) is 23.3 Å². The second-order valence-electron chi connectivity index (χ2n) is 5.77. The molecule has 2 aromatic rings. The molecular weight excluding hydrogens is 292 g/mol. The van der Waals surface area contributed by atoms with E-state index in [2.05, 4.69) is 5.32 Å². The Morgan fingerprint density at radius 1 is 1.04 bits per heavy atom. The summed E-state index contributed by atoms with van der Waals surface area (Å²) < 4.78 is 0. The third kappa shape index (κ3) is 3.12. The lowest BCUT2D eigenvalue weighted by Crippen LogP contribution is -2.49. The van der Waals surface area contributed by atoms with Crippen LogP contribution in [-0.4, -0.2) is 53.0 Å². The van der Waals surface area contributed by atoms with Crippen LogP contribution in [0.25, 0.3) is 11.1 Å². The normalized spacial score (nSPS) is 23.7. The lowest BCUT2D eigenvalue weighted by atomic mass is 10.0. The van der Waals surface area contributed by atoms with Gasteiger partial charge < -0.3 is 15.1 Å². The van der Waals surface area contributed by atoms with Gasteiger partial charge in [0.05, 0.1) is 6.10 Å². The maximum absolute atomic E-state index is 12.5. The van der Waals surface area contributed by atoms with Crippen molar-refractivity contribution in [3.63, 3.8) is 0 Å². The highest BCUT2D eigenvalue weighted by Gasteiger charge is 2.37. The maximum atomic E-state index is 12.5. The maximum Gasteiger partial charge on any atom is 0.254 e. The van der Waals surface area contributed by atoms with Crippen LogP contribution >= 0.6 is 0 Å². The van der Waals surface area contributed by atoms with Gasteiger partial charge in [-0.2, -0.15) is 0 Å². The van der Waals surface area contributed by atoms with E-state index in [4.69, 9.17) is 0 Å². The molecule has 3 rings (SSSR count). The summed E-state index contributed by atoms with van der Waals surface area (Å²) in [5.74, 6) is -0.199. The Kier molecular flexibility index (Phi) is 4.43. The van der Waals surface area contributed by atoms with E-state index in [9.17, 15) is 15.0 Å². The van der Waals surface area contributed by atoms with Crippen molar-refractivity contribution in [2.75, 3.05) is 13.6 Å². The highest BCUT2D eigenvalue weighted by molar-refractivity contribution is 5.94. The molecule has 0 radical (unpaired) electrons. The number of hydrogen-bond acceptors (Lipinski definition) is 4. The Morgan fingerprint density at radius 3 is 2.22 bits per heavy atom. The molecule has 3 N–H and O–H groups in total. The van der Waals surface area contributed by atoms with Crippen molar-refractivity contribution in [3.8, 4) is 11.1 Å². The van der Waals surface area contributed by atoms with Gasteiger partial charge in [0, 0.05) is 19.2 Å². The third-order valence-electron chi connectivity index (χ3n) is 4.23. The Hall–Kier alpha value is -2.21. The first-order valence-corrected chi connectivity index (χ1v) is 7.60. The number of hydrogen-bond donors (Lipinski definition) is 3. The van der Waals surface area contributed by atoms with E-state index < -0.39 is 18.4 Å². The van der Waals surface area contributed by atoms with Gasteiger partial charge in [-0.15, -0.1) is 0 Å². The van der Waals surface area contributed by atoms with Crippen molar-refractivity contribution >= 4 is 5.91 Å². The van der Waals surface area contributed by atoms with Gasteiger partial charge in [0.2, 0.25) is 0 Å². The summed E-state index contributed by atoms with van der Waals surface area (Å²) in [6.45, 7) is 0.274. The molecule has 1 saturated heterocycles. The average molecular weight is 312 g/mol. The summed E-state index contributed by atoms with van der Waals surface area (Å²) in [6.07, 6.45) is -2.41. The monoisotopic (exact) mass is 312 g/mol. The smallest absolute Gasteiger partial charge is 0.254 e. The van der Waals surface area contributed by atoms with Crippen molar-refractivity contribution in [1.29, 1.82) is 0 Å². The van der Waals surface area contributed by atoms with Crippen LogP contribution in [0.3, 0.4) is 0 Å². The molecule has 5 heteroatoms. The lowest BCUT2D eigenvalue weighted by Gasteiger charge is -2.27. The summed E-state index contributed by atoms with van der Waals surface area (Å²) in [7, 11) is 1.62. The number of aliphatic hydroxyl groups is 2. The van der Waals surface area contributed by atoms with Gasteiger partial charge in [0.15, 0.2) is 0 Å². The van der Waals surface area contributed by atoms with Crippen LogP contribution in [0.4, 0.5) is 0 Å². The minimum Gasteiger partial charge on any atom is -0.389 e. The van der Waals surface area contributed by atoms with Gasteiger partial charge in [0.1, 0.15) is 12.3 Å². The van der Waals surface area contributed by atoms with Crippen LogP contribution in [-0.2, 0) is 0 Å². The molecule has 0 aliphatic carbocycles. The molecule has 0 saturated carbocycles. The molecule has 1 heterocycles. The van der Waals surface area contributed by atoms with Crippen LogP contribution < -0.4 is 5.32 Å². The summed E-state index contributed by atoms with van der Waals surface area (Å²) >= 11 is 0. The third-order valence-corrected chi connectivity index (χ3v) is 4.23. The molecule has 120 valence electrons. The fraction of sp³-hybridized carbons (Fsp3) is 0.278. The van der Waals surface area contributed by atoms with E-state index in [-0.39, 0.29) is 12.5 Å². The Bertz CT molecular complexity index is 672. The number of likely N-dealkylation sites (N-methyl/N-ethyl adjacent to an activating group) is 1. The number of nitrogens with one attached hydrogen (secondary N) is 1. The summed E-state index contributed by atoms with van der Waals surface area (Å²) in [5.41, 5.74) is 2.68. The molecule has 3 atom stereocenters. The van der Waals surface area contributed by atoms with Crippen LogP contribution in [0.2, 0.25) is 0 Å². The number of nitrogens with zero attached hydrogens (tertiary/aromatic N) is 1. The molecule has 5 nitrogen and oxygen atoms in total. The minimum absolute atomic E-state index is 0.199. The number of aliphatic hydroxyl groups excluding tert-OH is 2. The fourth-order valence-corrected chi connectivity index (χ4v) is 2.83. The molecule has 0 spiro atoms. The first-order valence-electron chi connectivity index (χ1n) is 7.60. The molecule has 1 fully saturated rings. The van der Waals surface area contributed by atoms with Crippen LogP contribution in [0, 0.1) is 0 Å². The van der Waals surface area contributed by atoms with Crippen molar-refractivity contribution < 1.29 is 15.0 Å². The first-order chi connectivity index (χ1) is 11.1. The fourth-order valence-electron chi connectivity index (χ4n) is 2.83. The molecule has 1 amide bonds. The second-order valence-corrected chi connectivity index (χ2v) is 5.77. The molecular formula is C18H20N2O3. The standard InChI is InChI=1S/C18H20N2O3/c1-20(17-16(22)15(21)11-19-17)18(23)14-9-7-13(8-10-14)12-5-3-2-4-6-12/h2-10,15-17,19,21-22H,11H2,1H3. The summed E-state index contributed by atoms with van der Waals surface area (Å²) in [5, 5.41) is 22.4. The van der Waals surface area contributed by atoms with E-state index in [0.29, 0.717) is 5.56 Å². The minimum atomic E-state index is -0.979. The zero-order valence-electron chi connectivity index (χ0n) is 12.9. The number of rotatable bonds is 3. The molecule has 1 aliphatic rings. The quantitative estimate of drug-likeness (QED) is 0.793. The molecule has 2 aromatic carbocycles. The average Bonchev–Trinajstić information content (AvgIpc) is 2.94. The summed E-state index contributed by atoms with van der Waals surface area (Å²) in [6, 6.07) is 17.3. The van der Waals surface area contributed by atoms with Gasteiger partial charge in [-0.1, -0.05) is 42.5 Å². The number of carbonyl (C=O) groups is 1. The number of carbonyl (C=O) groups excluding carboxylic acids is 1. The van der Waals surface area contributed by atoms with Crippen molar-refractivity contribution in [1.82, 2.24) is 10.2 Å². The zero-order valence-corrected chi connectivity index (χ0v) is 12.9. The molecule has 0 aromatic heterocycles. The van der Waals surface area contributed by atoms with Gasteiger partial charge in [-0.3, -0.25) is 10.1 Å². The first kappa shape index (κ1) is 15.7. The van der Waals surface area contributed by atoms with E-state index in [1.54, 1.807) is 19.2 Å². The molecule has 1 aliphatic heterocycles. The molecule has 3 unspecified atom stereocenters. The molecule has 0 bridgehead atoms. The number of β-amino-alcohol motifs (C(OH)–C–C–N with tert-alkyl or cyclic N) is 1. The van der Waals surface area contributed by atoms with Crippen LogP contribution in [0.1, 0.15) is 10.4 Å². The second kappa shape index (κ2) is 6.50. The molecule has 23 heavy (non-hydrogen) atoms. The van der Waals surface area contributed by atoms with Gasteiger partial charge in [-0.25, -0.2) is 0 Å². The Balaban J connectivity index is 1.75. The van der Waals surface area contributed by atoms with Crippen LogP contribution in [0.5, 0.6) is 0 Å². The number of benzene rings is 2. The topological polar surface area (TPSA) is 72.8 Å². The van der Waals surface area contributed by atoms with Crippen molar-refractivity contribution in [2.45, 2.75) is 18.4 Å². The predicted octanol–water partition coefficient (Wildman–Crippen LogP) is 1.08. The Labute approximate surface area is 135 Å². The van der Waals surface area contributed by atoms with E-state index in [0.717, 1.165) is 11.1 Å². The van der Waals surface area contributed by atoms with Gasteiger partial charge >= 0.3 is 0 Å². The van der Waals surface area contributed by atoms with E-state index in [1.165, 1.54) is 4.90 Å². The van der Waals surface area contributed by atoms with E-state index in [1.807, 2.05) is 42.5 Å². The SMILES string of the molecule is CN(C(=O)c1ccc(-c2ccccc2)cc1)C1NCC(O)C1O. The predicted molar refractivity (Wildman–Crippen MR) is 87.8 cm³/mol.